The Hall–Kier alpha value is -2.18. The van der Waals surface area contributed by atoms with Crippen LogP contribution in [0.2, 0.25) is 0 Å². The van der Waals surface area contributed by atoms with E-state index in [2.05, 4.69) is 40.7 Å². The van der Waals surface area contributed by atoms with Gasteiger partial charge in [-0.2, -0.15) is 0 Å². The van der Waals surface area contributed by atoms with Crippen LogP contribution in [0.1, 0.15) is 99.3 Å². The lowest BCUT2D eigenvalue weighted by atomic mass is 9.34. The molecule has 19 nitrogen and oxygen atoms in total. The van der Waals surface area contributed by atoms with Crippen molar-refractivity contribution in [1.29, 1.82) is 0 Å². The number of carbonyl (C=O) groups is 2. The molecule has 5 aliphatic carbocycles. The molecular weight excluding hydrogens is 868 g/mol. The molecule has 23 unspecified atom stereocenters. The summed E-state index contributed by atoms with van der Waals surface area (Å²) in [4.78, 5) is 28.4. The highest BCUT2D eigenvalue weighted by Crippen LogP contribution is 2.75. The molecule has 8 aliphatic rings. The molecule has 3 saturated carbocycles. The minimum atomic E-state index is -1.80. The number of allylic oxidation sites excluding steroid dienone is 3. The Kier molecular flexibility index (Phi) is 13.6. The Morgan fingerprint density at radius 1 is 0.712 bits per heavy atom. The fraction of sp³-hybridized carbons (Fsp3) is 0.872. The van der Waals surface area contributed by atoms with Gasteiger partial charge in [-0.15, -0.1) is 0 Å². The van der Waals surface area contributed by atoms with Gasteiger partial charge in [-0.05, 0) is 117 Å². The first-order valence-corrected chi connectivity index (χ1v) is 23.7. The van der Waals surface area contributed by atoms with Crippen molar-refractivity contribution in [1.82, 2.24) is 0 Å². The quantitative estimate of drug-likeness (QED) is 0.105. The Balaban J connectivity index is 1.05. The van der Waals surface area contributed by atoms with Crippen molar-refractivity contribution >= 4 is 11.9 Å². The van der Waals surface area contributed by atoms with Crippen LogP contribution in [0.4, 0.5) is 0 Å². The number of fused-ring (bicyclic) bond motifs is 7. The maximum Gasteiger partial charge on any atom is 0.318 e. The van der Waals surface area contributed by atoms with E-state index in [1.807, 2.05) is 0 Å². The van der Waals surface area contributed by atoms with Gasteiger partial charge in [-0.1, -0.05) is 39.3 Å². The summed E-state index contributed by atoms with van der Waals surface area (Å²) >= 11 is 0. The molecule has 0 aromatic carbocycles. The molecule has 374 valence electrons. The summed E-state index contributed by atoms with van der Waals surface area (Å²) in [5.41, 5.74) is -0.797. The molecule has 0 radical (unpaired) electrons. The average Bonchev–Trinajstić information content (AvgIpc) is 3.28. The van der Waals surface area contributed by atoms with E-state index in [9.17, 15) is 65.8 Å². The van der Waals surface area contributed by atoms with Gasteiger partial charge in [0.15, 0.2) is 12.6 Å². The molecule has 0 aromatic rings. The van der Waals surface area contributed by atoms with Crippen molar-refractivity contribution in [2.75, 3.05) is 19.8 Å². The van der Waals surface area contributed by atoms with Crippen LogP contribution in [0.5, 0.6) is 0 Å². The van der Waals surface area contributed by atoms with E-state index >= 15 is 0 Å². The Morgan fingerprint density at radius 3 is 1.95 bits per heavy atom. The van der Waals surface area contributed by atoms with Gasteiger partial charge in [-0.3, -0.25) is 9.59 Å². The second-order valence-corrected chi connectivity index (χ2v) is 21.7. The topological polar surface area (TPSA) is 312 Å². The maximum absolute atomic E-state index is 14.7. The van der Waals surface area contributed by atoms with E-state index in [4.69, 9.17) is 28.4 Å². The Bertz CT molecular complexity index is 1910. The van der Waals surface area contributed by atoms with Crippen LogP contribution < -0.4 is 0 Å². The lowest BCUT2D eigenvalue weighted by Crippen LogP contribution is -2.67. The van der Waals surface area contributed by atoms with Crippen LogP contribution in [0.3, 0.4) is 0 Å². The van der Waals surface area contributed by atoms with Crippen molar-refractivity contribution in [3.63, 3.8) is 0 Å². The number of carbonyl (C=O) groups excluding carboxylic acids is 1. The van der Waals surface area contributed by atoms with Gasteiger partial charge >= 0.3 is 11.9 Å². The number of aliphatic hydroxyl groups excluding tert-OH is 10. The van der Waals surface area contributed by atoms with Gasteiger partial charge in [0, 0.05) is 0 Å². The number of rotatable bonds is 9. The zero-order valence-electron chi connectivity index (χ0n) is 38.6. The molecule has 3 heterocycles. The smallest absolute Gasteiger partial charge is 0.318 e. The molecule has 0 bridgehead atoms. The highest BCUT2D eigenvalue weighted by molar-refractivity contribution is 5.84. The number of ether oxygens (including phenoxy) is 6. The van der Waals surface area contributed by atoms with Crippen molar-refractivity contribution in [2.24, 2.45) is 44.8 Å². The van der Waals surface area contributed by atoms with Crippen LogP contribution in [-0.2, 0) is 38.0 Å². The molecule has 19 heteroatoms. The number of carboxylic acids is 1. The predicted octanol–water partition coefficient (Wildman–Crippen LogP) is -0.236. The number of aliphatic carboxylic acids is 1. The second kappa shape index (κ2) is 17.9. The third kappa shape index (κ3) is 7.40. The van der Waals surface area contributed by atoms with Crippen LogP contribution in [0.15, 0.2) is 22.8 Å². The molecule has 3 aliphatic heterocycles. The lowest BCUT2D eigenvalue weighted by molar-refractivity contribution is -0.356. The Labute approximate surface area is 384 Å². The molecule has 23 atom stereocenters. The third-order valence-corrected chi connectivity index (χ3v) is 18.8. The lowest BCUT2D eigenvalue weighted by Gasteiger charge is -2.70. The first kappa shape index (κ1) is 50.2. The minimum Gasteiger partial charge on any atom is -0.481 e. The standard InChI is InChI=1S/C47H72O19/c1-20-9-14-47(42(60)66-40-35(56)33(54)31(52)25(18-49)63-40)16-15-44(4)22(29(47)21(20)2)7-8-26-43(3)12-11-28(46(6,41(58)59)27(43)10-13-45(26,44)5)64-38-36(57)37(23(50)19-61-38)65-39-34(55)32(53)30(51)24(17-48)62-39/h7,20,23-28,30-40,48-57H,8-19H2,1-6H3,(H,58,59). The first-order valence-electron chi connectivity index (χ1n) is 23.7. The van der Waals surface area contributed by atoms with Crippen LogP contribution in [0, 0.1) is 44.8 Å². The SMILES string of the molecule is CC1=C2C3=CCC4C5(C)CCC(OC6OCC(O)C(OC7OC(CO)C(O)C(O)C7O)C6O)C(C)(C(=O)O)C5CCC4(C)C3(C)CCC2(C(=O)OC2OC(CO)C(O)C(O)C2O)CCC1C. The zero-order chi connectivity index (χ0) is 48.2. The summed E-state index contributed by atoms with van der Waals surface area (Å²) in [6, 6.07) is 0. The normalized spacial score (nSPS) is 52.8. The second-order valence-electron chi connectivity index (χ2n) is 21.7. The number of carboxylic acid groups (broad SMARTS) is 1. The fourth-order valence-electron chi connectivity index (χ4n) is 14.3. The largest absolute Gasteiger partial charge is 0.481 e. The van der Waals surface area contributed by atoms with E-state index < -0.39 is 151 Å². The summed E-state index contributed by atoms with van der Waals surface area (Å²) in [5.74, 6) is -1.89. The summed E-state index contributed by atoms with van der Waals surface area (Å²) in [6.45, 7) is 10.9. The summed E-state index contributed by atoms with van der Waals surface area (Å²) in [7, 11) is 0. The number of hydrogen-bond donors (Lipinski definition) is 11. The molecule has 0 aromatic heterocycles. The van der Waals surface area contributed by atoms with Gasteiger partial charge < -0.3 is 84.6 Å². The fourth-order valence-corrected chi connectivity index (χ4v) is 14.3. The first-order chi connectivity index (χ1) is 31.0. The summed E-state index contributed by atoms with van der Waals surface area (Å²) in [5, 5.41) is 116. The molecule has 66 heavy (non-hydrogen) atoms. The minimum absolute atomic E-state index is 0.00981. The molecule has 6 fully saturated rings. The molecule has 8 rings (SSSR count). The van der Waals surface area contributed by atoms with Crippen molar-refractivity contribution in [3.05, 3.63) is 22.8 Å². The van der Waals surface area contributed by atoms with Gasteiger partial charge in [-0.25, -0.2) is 0 Å². The van der Waals surface area contributed by atoms with Gasteiger partial charge in [0.1, 0.15) is 67.1 Å². The number of esters is 1. The monoisotopic (exact) mass is 940 g/mol. The maximum atomic E-state index is 14.7. The third-order valence-electron chi connectivity index (χ3n) is 18.8. The molecule has 0 amide bonds. The van der Waals surface area contributed by atoms with Crippen LogP contribution in [0.25, 0.3) is 0 Å². The average molecular weight is 941 g/mol. The van der Waals surface area contributed by atoms with Crippen LogP contribution >= 0.6 is 0 Å². The summed E-state index contributed by atoms with van der Waals surface area (Å²) < 4.78 is 35.0. The highest BCUT2D eigenvalue weighted by Gasteiger charge is 2.71. The van der Waals surface area contributed by atoms with Gasteiger partial charge in [0.2, 0.25) is 6.29 Å². The summed E-state index contributed by atoms with van der Waals surface area (Å²) in [6.07, 6.45) is -16.0. The zero-order valence-corrected chi connectivity index (χ0v) is 38.6. The van der Waals surface area contributed by atoms with E-state index in [1.54, 1.807) is 6.92 Å². The molecule has 3 saturated heterocycles. The number of aliphatic hydroxyl groups is 10. The van der Waals surface area contributed by atoms with Crippen molar-refractivity contribution < 1.29 is 94.2 Å². The Morgan fingerprint density at radius 2 is 1.33 bits per heavy atom. The van der Waals surface area contributed by atoms with E-state index in [-0.39, 0.29) is 23.7 Å². The van der Waals surface area contributed by atoms with E-state index in [0.717, 1.165) is 23.1 Å². The molecule has 11 N–H and O–H groups in total. The molecule has 0 spiro atoms. The van der Waals surface area contributed by atoms with E-state index in [1.165, 1.54) is 0 Å². The van der Waals surface area contributed by atoms with Crippen molar-refractivity contribution in [3.8, 4) is 0 Å². The van der Waals surface area contributed by atoms with E-state index in [0.29, 0.717) is 44.9 Å². The highest BCUT2D eigenvalue weighted by atomic mass is 16.7. The van der Waals surface area contributed by atoms with Crippen LogP contribution in [-0.4, -0.2) is 180 Å². The van der Waals surface area contributed by atoms with Crippen molar-refractivity contribution in [2.45, 2.75) is 191 Å². The van der Waals surface area contributed by atoms with Gasteiger partial charge in [0.25, 0.3) is 0 Å². The number of hydrogen-bond acceptors (Lipinski definition) is 18. The van der Waals surface area contributed by atoms with Gasteiger partial charge in [0.05, 0.1) is 36.8 Å². The predicted molar refractivity (Wildman–Crippen MR) is 226 cm³/mol. The molecular formula is C47H72O19.